The van der Waals surface area contributed by atoms with Crippen molar-refractivity contribution in [3.63, 3.8) is 0 Å². The fourth-order valence-corrected chi connectivity index (χ4v) is 3.22. The minimum Gasteiger partial charge on any atom is -0.361 e. The van der Waals surface area contributed by atoms with E-state index in [2.05, 4.69) is 15.4 Å². The SMILES string of the molecule is O=C(NCC1(F)CCN(Cc2cc(C3CC3)on2)CC1)C1CC1. The molecule has 23 heavy (non-hydrogen) atoms. The van der Waals surface area contributed by atoms with Gasteiger partial charge >= 0.3 is 0 Å². The van der Waals surface area contributed by atoms with Crippen molar-refractivity contribution >= 4 is 5.91 Å². The number of carbonyl (C=O) groups excluding carboxylic acids is 1. The first kappa shape index (κ1) is 15.1. The number of piperidine rings is 1. The molecule has 0 atom stereocenters. The zero-order valence-electron chi connectivity index (χ0n) is 13.4. The van der Waals surface area contributed by atoms with Gasteiger partial charge in [0.25, 0.3) is 0 Å². The summed E-state index contributed by atoms with van der Waals surface area (Å²) < 4.78 is 20.1. The van der Waals surface area contributed by atoms with Gasteiger partial charge in [-0.1, -0.05) is 5.16 Å². The molecule has 4 rings (SSSR count). The topological polar surface area (TPSA) is 58.4 Å². The zero-order chi connectivity index (χ0) is 15.9. The van der Waals surface area contributed by atoms with Crippen molar-refractivity contribution in [2.45, 2.75) is 56.7 Å². The summed E-state index contributed by atoms with van der Waals surface area (Å²) >= 11 is 0. The Hall–Kier alpha value is -1.43. The molecule has 0 bridgehead atoms. The van der Waals surface area contributed by atoms with Crippen molar-refractivity contribution in [3.05, 3.63) is 17.5 Å². The van der Waals surface area contributed by atoms with Crippen LogP contribution in [0.4, 0.5) is 4.39 Å². The van der Waals surface area contributed by atoms with Crippen molar-refractivity contribution in [3.8, 4) is 0 Å². The van der Waals surface area contributed by atoms with Gasteiger partial charge in [0, 0.05) is 37.5 Å². The second-order valence-electron chi connectivity index (χ2n) is 7.41. The van der Waals surface area contributed by atoms with Crippen LogP contribution in [-0.4, -0.2) is 41.3 Å². The standard InChI is InChI=1S/C17H24FN3O2/c18-17(11-19-16(22)13-3-4-13)5-7-21(8-6-17)10-14-9-15(23-20-14)12-1-2-12/h9,12-13H,1-8,10-11H2,(H,19,22). The number of amides is 1. The Labute approximate surface area is 135 Å². The number of alkyl halides is 1. The summed E-state index contributed by atoms with van der Waals surface area (Å²) in [6.45, 7) is 2.27. The minimum absolute atomic E-state index is 0.0275. The minimum atomic E-state index is -1.26. The van der Waals surface area contributed by atoms with Gasteiger partial charge in [0.1, 0.15) is 11.4 Å². The van der Waals surface area contributed by atoms with Crippen molar-refractivity contribution in [1.29, 1.82) is 0 Å². The summed E-state index contributed by atoms with van der Waals surface area (Å²) in [7, 11) is 0. The molecule has 0 spiro atoms. The number of halogens is 1. The Morgan fingerprint density at radius 3 is 2.74 bits per heavy atom. The smallest absolute Gasteiger partial charge is 0.223 e. The van der Waals surface area contributed by atoms with E-state index >= 15 is 0 Å². The average Bonchev–Trinajstić information content (AvgIpc) is 3.46. The van der Waals surface area contributed by atoms with E-state index in [4.69, 9.17) is 4.52 Å². The molecule has 1 aliphatic heterocycles. The lowest BCUT2D eigenvalue weighted by molar-refractivity contribution is -0.123. The fraction of sp³-hybridized carbons (Fsp3) is 0.765. The van der Waals surface area contributed by atoms with Crippen LogP contribution in [0.3, 0.4) is 0 Å². The van der Waals surface area contributed by atoms with E-state index < -0.39 is 5.67 Å². The predicted octanol–water partition coefficient (Wildman–Crippen LogP) is 2.38. The fourth-order valence-electron chi connectivity index (χ4n) is 3.22. The molecule has 5 nitrogen and oxygen atoms in total. The van der Waals surface area contributed by atoms with Crippen LogP contribution < -0.4 is 5.32 Å². The summed E-state index contributed by atoms with van der Waals surface area (Å²) in [5.41, 5.74) is -0.315. The normalized spacial score (nSPS) is 24.6. The van der Waals surface area contributed by atoms with E-state index in [0.717, 1.165) is 30.8 Å². The van der Waals surface area contributed by atoms with Gasteiger partial charge in [-0.25, -0.2) is 4.39 Å². The Morgan fingerprint density at radius 2 is 2.09 bits per heavy atom. The van der Waals surface area contributed by atoms with Crippen molar-refractivity contribution < 1.29 is 13.7 Å². The second kappa shape index (κ2) is 5.89. The number of hydrogen-bond donors (Lipinski definition) is 1. The highest BCUT2D eigenvalue weighted by molar-refractivity contribution is 5.80. The van der Waals surface area contributed by atoms with Gasteiger partial charge in [0.05, 0.1) is 12.2 Å². The number of carbonyl (C=O) groups is 1. The molecule has 2 heterocycles. The van der Waals surface area contributed by atoms with Crippen LogP contribution in [0.2, 0.25) is 0 Å². The molecule has 1 N–H and O–H groups in total. The molecule has 126 valence electrons. The highest BCUT2D eigenvalue weighted by Crippen LogP contribution is 2.40. The summed E-state index contributed by atoms with van der Waals surface area (Å²) in [5.74, 6) is 1.75. The molecule has 1 saturated heterocycles. The van der Waals surface area contributed by atoms with Gasteiger partial charge in [-0.05, 0) is 38.5 Å². The molecule has 3 aliphatic rings. The quantitative estimate of drug-likeness (QED) is 0.874. The molecular formula is C17H24FN3O2. The van der Waals surface area contributed by atoms with E-state index in [1.807, 2.05) is 6.07 Å². The molecular weight excluding hydrogens is 297 g/mol. The van der Waals surface area contributed by atoms with E-state index in [1.54, 1.807) is 0 Å². The van der Waals surface area contributed by atoms with Gasteiger partial charge in [-0.2, -0.15) is 0 Å². The maximum absolute atomic E-state index is 14.8. The molecule has 2 aliphatic carbocycles. The highest BCUT2D eigenvalue weighted by Gasteiger charge is 2.37. The third-order valence-corrected chi connectivity index (χ3v) is 5.22. The number of rotatable bonds is 6. The Bertz CT molecular complexity index is 572. The maximum atomic E-state index is 14.8. The number of likely N-dealkylation sites (tertiary alicyclic amines) is 1. The monoisotopic (exact) mass is 321 g/mol. The lowest BCUT2D eigenvalue weighted by atomic mass is 9.93. The molecule has 1 aromatic heterocycles. The van der Waals surface area contributed by atoms with Crippen LogP contribution >= 0.6 is 0 Å². The Balaban J connectivity index is 1.23. The van der Waals surface area contributed by atoms with Crippen molar-refractivity contribution in [1.82, 2.24) is 15.4 Å². The first-order chi connectivity index (χ1) is 11.1. The molecule has 1 amide bonds. The van der Waals surface area contributed by atoms with Gasteiger partial charge in [-0.3, -0.25) is 9.69 Å². The van der Waals surface area contributed by atoms with E-state index in [1.165, 1.54) is 12.8 Å². The van der Waals surface area contributed by atoms with Crippen LogP contribution in [0.15, 0.2) is 10.6 Å². The van der Waals surface area contributed by atoms with Crippen LogP contribution in [0, 0.1) is 5.92 Å². The summed E-state index contributed by atoms with van der Waals surface area (Å²) in [6, 6.07) is 2.05. The van der Waals surface area contributed by atoms with Crippen LogP contribution in [0.25, 0.3) is 0 Å². The third-order valence-electron chi connectivity index (χ3n) is 5.22. The van der Waals surface area contributed by atoms with Gasteiger partial charge < -0.3 is 9.84 Å². The van der Waals surface area contributed by atoms with Gasteiger partial charge in [-0.15, -0.1) is 0 Å². The average molecular weight is 321 g/mol. The number of aromatic nitrogens is 1. The largest absolute Gasteiger partial charge is 0.361 e. The maximum Gasteiger partial charge on any atom is 0.223 e. The molecule has 6 heteroatoms. The Morgan fingerprint density at radius 1 is 1.35 bits per heavy atom. The van der Waals surface area contributed by atoms with Crippen molar-refractivity contribution in [2.75, 3.05) is 19.6 Å². The first-order valence-electron chi connectivity index (χ1n) is 8.76. The van der Waals surface area contributed by atoms with E-state index in [-0.39, 0.29) is 18.4 Å². The lowest BCUT2D eigenvalue weighted by Crippen LogP contribution is -2.48. The molecule has 0 aromatic carbocycles. The first-order valence-corrected chi connectivity index (χ1v) is 8.76. The van der Waals surface area contributed by atoms with Crippen LogP contribution in [0.5, 0.6) is 0 Å². The summed E-state index contributed by atoms with van der Waals surface area (Å²) in [4.78, 5) is 13.9. The predicted molar refractivity (Wildman–Crippen MR) is 82.6 cm³/mol. The number of nitrogens with one attached hydrogen (secondary N) is 1. The number of hydrogen-bond acceptors (Lipinski definition) is 4. The Kier molecular flexibility index (Phi) is 3.87. The highest BCUT2D eigenvalue weighted by atomic mass is 19.1. The second-order valence-corrected chi connectivity index (χ2v) is 7.41. The van der Waals surface area contributed by atoms with E-state index in [0.29, 0.717) is 31.8 Å². The molecule has 0 radical (unpaired) electrons. The van der Waals surface area contributed by atoms with Gasteiger partial charge in [0.15, 0.2) is 0 Å². The molecule has 2 saturated carbocycles. The summed E-state index contributed by atoms with van der Waals surface area (Å²) in [5, 5.41) is 6.91. The molecule has 1 aromatic rings. The van der Waals surface area contributed by atoms with E-state index in [9.17, 15) is 9.18 Å². The van der Waals surface area contributed by atoms with Crippen molar-refractivity contribution in [2.24, 2.45) is 5.92 Å². The summed E-state index contributed by atoms with van der Waals surface area (Å²) in [6.07, 6.45) is 5.25. The number of nitrogens with zero attached hydrogens (tertiary/aromatic N) is 2. The lowest BCUT2D eigenvalue weighted by Gasteiger charge is -2.36. The van der Waals surface area contributed by atoms with Crippen LogP contribution in [0.1, 0.15) is 55.9 Å². The van der Waals surface area contributed by atoms with Gasteiger partial charge in [0.2, 0.25) is 5.91 Å². The molecule has 3 fully saturated rings. The van der Waals surface area contributed by atoms with Crippen LogP contribution in [-0.2, 0) is 11.3 Å². The third kappa shape index (κ3) is 3.74. The zero-order valence-corrected chi connectivity index (χ0v) is 13.4. The molecule has 0 unspecified atom stereocenters.